The number of nitrogens with zero attached hydrogens (tertiary/aromatic N) is 1. The molecule has 76 valence electrons. The van der Waals surface area contributed by atoms with Crippen LogP contribution in [0, 0.1) is 17.2 Å². The molecule has 0 aromatic heterocycles. The van der Waals surface area contributed by atoms with Crippen molar-refractivity contribution in [1.29, 1.82) is 5.26 Å². The van der Waals surface area contributed by atoms with Crippen LogP contribution in [0.4, 0.5) is 0 Å². The number of ether oxygens (including phenoxy) is 1. The summed E-state index contributed by atoms with van der Waals surface area (Å²) in [6, 6.07) is 2.08. The Morgan fingerprint density at radius 1 is 1.57 bits per heavy atom. The van der Waals surface area contributed by atoms with Crippen molar-refractivity contribution in [3.05, 3.63) is 24.3 Å². The zero-order chi connectivity index (χ0) is 10.4. The normalized spacial score (nSPS) is 30.2. The first-order chi connectivity index (χ1) is 6.73. The zero-order valence-electron chi connectivity index (χ0n) is 8.31. The fraction of sp³-hybridized carbons (Fsp3) is 0.545. The van der Waals surface area contributed by atoms with Crippen LogP contribution >= 0.6 is 0 Å². The Hall–Kier alpha value is -1.11. The van der Waals surface area contributed by atoms with Gasteiger partial charge in [0.25, 0.3) is 0 Å². The Balaban J connectivity index is 2.67. The molecule has 0 saturated heterocycles. The molecule has 3 nitrogen and oxygen atoms in total. The van der Waals surface area contributed by atoms with Crippen LogP contribution < -0.4 is 0 Å². The fourth-order valence-corrected chi connectivity index (χ4v) is 1.59. The summed E-state index contributed by atoms with van der Waals surface area (Å²) in [5, 5.41) is 18.8. The lowest BCUT2D eigenvalue weighted by Gasteiger charge is -2.32. The van der Waals surface area contributed by atoms with E-state index in [1.165, 1.54) is 0 Å². The highest BCUT2D eigenvalue weighted by Gasteiger charge is 2.33. The van der Waals surface area contributed by atoms with Crippen LogP contribution in [-0.2, 0) is 4.74 Å². The van der Waals surface area contributed by atoms with Gasteiger partial charge in [0.15, 0.2) is 0 Å². The lowest BCUT2D eigenvalue weighted by Crippen LogP contribution is -2.37. The molecule has 2 atom stereocenters. The van der Waals surface area contributed by atoms with E-state index < -0.39 is 5.60 Å². The zero-order valence-corrected chi connectivity index (χ0v) is 8.31. The van der Waals surface area contributed by atoms with Gasteiger partial charge < -0.3 is 9.84 Å². The minimum absolute atomic E-state index is 0.118. The van der Waals surface area contributed by atoms with Crippen molar-refractivity contribution in [3.63, 3.8) is 0 Å². The number of hydrogen-bond acceptors (Lipinski definition) is 3. The minimum atomic E-state index is -0.916. The van der Waals surface area contributed by atoms with Gasteiger partial charge in [-0.2, -0.15) is 5.26 Å². The van der Waals surface area contributed by atoms with Gasteiger partial charge in [-0.05, 0) is 0 Å². The Labute approximate surface area is 84.3 Å². The number of aliphatic hydroxyl groups is 1. The number of methoxy groups -OCH3 is 1. The second kappa shape index (κ2) is 4.94. The van der Waals surface area contributed by atoms with Crippen molar-refractivity contribution in [2.45, 2.75) is 18.4 Å². The highest BCUT2D eigenvalue weighted by atomic mass is 16.5. The first kappa shape index (κ1) is 11.0. The molecule has 2 unspecified atom stereocenters. The molecule has 0 heterocycles. The highest BCUT2D eigenvalue weighted by Crippen LogP contribution is 2.30. The predicted octanol–water partition coefficient (Wildman–Crippen LogP) is 1.41. The Kier molecular flexibility index (Phi) is 3.87. The predicted molar refractivity (Wildman–Crippen MR) is 53.4 cm³/mol. The summed E-state index contributed by atoms with van der Waals surface area (Å²) < 4.78 is 4.94. The van der Waals surface area contributed by atoms with Crippen molar-refractivity contribution in [1.82, 2.24) is 0 Å². The maximum absolute atomic E-state index is 10.2. The maximum Gasteiger partial charge on any atom is 0.0924 e. The second-order valence-corrected chi connectivity index (χ2v) is 3.45. The third kappa shape index (κ3) is 2.44. The van der Waals surface area contributed by atoms with E-state index in [0.717, 1.165) is 0 Å². The third-order valence-electron chi connectivity index (χ3n) is 2.50. The molecule has 1 N–H and O–H groups in total. The molecular formula is C11H15NO2. The van der Waals surface area contributed by atoms with E-state index in [9.17, 15) is 5.11 Å². The van der Waals surface area contributed by atoms with Crippen LogP contribution in [0.2, 0.25) is 0 Å². The summed E-state index contributed by atoms with van der Waals surface area (Å²) in [6.45, 7) is 0.497. The maximum atomic E-state index is 10.2. The van der Waals surface area contributed by atoms with Crippen LogP contribution in [0.3, 0.4) is 0 Å². The molecule has 0 saturated carbocycles. The standard InChI is InChI=1S/C11H15NO2/c1-14-9-7-11(13)6-3-2-4-10(11)5-8-12/h2-4,6,10,13H,5,7,9H2,1H3. The number of nitriles is 1. The van der Waals surface area contributed by atoms with Gasteiger partial charge >= 0.3 is 0 Å². The van der Waals surface area contributed by atoms with Gasteiger partial charge in [0, 0.05) is 32.5 Å². The van der Waals surface area contributed by atoms with E-state index in [-0.39, 0.29) is 5.92 Å². The van der Waals surface area contributed by atoms with Gasteiger partial charge in [-0.3, -0.25) is 0 Å². The molecule has 1 rings (SSSR count). The molecule has 1 aliphatic rings. The number of hydrogen-bond donors (Lipinski definition) is 1. The van der Waals surface area contributed by atoms with Gasteiger partial charge in [-0.15, -0.1) is 0 Å². The van der Waals surface area contributed by atoms with Crippen molar-refractivity contribution in [2.75, 3.05) is 13.7 Å². The summed E-state index contributed by atoms with van der Waals surface area (Å²) in [5.41, 5.74) is -0.916. The summed E-state index contributed by atoms with van der Waals surface area (Å²) in [4.78, 5) is 0. The highest BCUT2D eigenvalue weighted by molar-refractivity contribution is 5.22. The summed E-state index contributed by atoms with van der Waals surface area (Å²) >= 11 is 0. The lowest BCUT2D eigenvalue weighted by molar-refractivity contribution is 0.0157. The molecule has 0 aromatic rings. The third-order valence-corrected chi connectivity index (χ3v) is 2.50. The topological polar surface area (TPSA) is 53.2 Å². The average molecular weight is 193 g/mol. The van der Waals surface area contributed by atoms with Crippen LogP contribution in [0.5, 0.6) is 0 Å². The summed E-state index contributed by atoms with van der Waals surface area (Å²) in [7, 11) is 1.60. The summed E-state index contributed by atoms with van der Waals surface area (Å²) in [6.07, 6.45) is 8.15. The van der Waals surface area contributed by atoms with Gasteiger partial charge in [0.2, 0.25) is 0 Å². The van der Waals surface area contributed by atoms with E-state index in [1.807, 2.05) is 18.2 Å². The molecule has 14 heavy (non-hydrogen) atoms. The van der Waals surface area contributed by atoms with E-state index in [4.69, 9.17) is 10.00 Å². The first-order valence-corrected chi connectivity index (χ1v) is 4.67. The van der Waals surface area contributed by atoms with Gasteiger partial charge in [0.1, 0.15) is 0 Å². The monoisotopic (exact) mass is 193 g/mol. The largest absolute Gasteiger partial charge is 0.385 e. The number of rotatable bonds is 4. The van der Waals surface area contributed by atoms with Crippen LogP contribution in [0.15, 0.2) is 24.3 Å². The molecular weight excluding hydrogens is 178 g/mol. The molecule has 1 aliphatic carbocycles. The average Bonchev–Trinajstić information content (AvgIpc) is 2.19. The van der Waals surface area contributed by atoms with Crippen molar-refractivity contribution in [3.8, 4) is 6.07 Å². The Morgan fingerprint density at radius 2 is 2.36 bits per heavy atom. The van der Waals surface area contributed by atoms with Crippen LogP contribution in [-0.4, -0.2) is 24.4 Å². The first-order valence-electron chi connectivity index (χ1n) is 4.67. The van der Waals surface area contributed by atoms with Gasteiger partial charge in [0.05, 0.1) is 11.7 Å². The Bertz CT molecular complexity index is 278. The fourth-order valence-electron chi connectivity index (χ4n) is 1.59. The molecule has 0 fully saturated rings. The Morgan fingerprint density at radius 3 is 3.00 bits per heavy atom. The van der Waals surface area contributed by atoms with Crippen molar-refractivity contribution in [2.24, 2.45) is 5.92 Å². The number of allylic oxidation sites excluding steroid dienone is 2. The minimum Gasteiger partial charge on any atom is -0.385 e. The van der Waals surface area contributed by atoms with Crippen molar-refractivity contribution < 1.29 is 9.84 Å². The van der Waals surface area contributed by atoms with Crippen molar-refractivity contribution >= 4 is 0 Å². The molecule has 0 aromatic carbocycles. The van der Waals surface area contributed by atoms with E-state index in [1.54, 1.807) is 13.2 Å². The smallest absolute Gasteiger partial charge is 0.0924 e. The molecule has 3 heteroatoms. The van der Waals surface area contributed by atoms with Gasteiger partial charge in [-0.1, -0.05) is 24.3 Å². The van der Waals surface area contributed by atoms with E-state index in [2.05, 4.69) is 6.07 Å². The van der Waals surface area contributed by atoms with E-state index >= 15 is 0 Å². The van der Waals surface area contributed by atoms with Crippen LogP contribution in [0.25, 0.3) is 0 Å². The molecule has 0 spiro atoms. The quantitative estimate of drug-likeness (QED) is 0.734. The molecule has 0 radical (unpaired) electrons. The molecule has 0 aliphatic heterocycles. The summed E-state index contributed by atoms with van der Waals surface area (Å²) in [5.74, 6) is -0.118. The SMILES string of the molecule is COCCC1(O)C=CC=CC1CC#N. The lowest BCUT2D eigenvalue weighted by atomic mass is 9.80. The second-order valence-electron chi connectivity index (χ2n) is 3.45. The van der Waals surface area contributed by atoms with E-state index in [0.29, 0.717) is 19.4 Å². The van der Waals surface area contributed by atoms with Gasteiger partial charge in [-0.25, -0.2) is 0 Å². The van der Waals surface area contributed by atoms with Crippen LogP contribution in [0.1, 0.15) is 12.8 Å². The molecule has 0 bridgehead atoms. The molecule has 0 amide bonds.